The normalized spacial score (nSPS) is 10.1. The maximum atomic E-state index is 11.6. The molecule has 0 fully saturated rings. The van der Waals surface area contributed by atoms with E-state index >= 15 is 0 Å². The molecule has 5 nitrogen and oxygen atoms in total. The molecule has 1 aromatic heterocycles. The molecular weight excluding hydrogens is 324 g/mol. The van der Waals surface area contributed by atoms with E-state index in [0.29, 0.717) is 17.0 Å². The number of anilines is 1. The second-order valence-corrected chi connectivity index (χ2v) is 4.96. The van der Waals surface area contributed by atoms with Gasteiger partial charge in [0.15, 0.2) is 0 Å². The maximum absolute atomic E-state index is 11.6. The average molecular weight is 337 g/mol. The Bertz CT molecular complexity index is 632. The highest BCUT2D eigenvalue weighted by molar-refractivity contribution is 9.10. The van der Waals surface area contributed by atoms with Gasteiger partial charge in [-0.3, -0.25) is 4.98 Å². The standard InChI is InChI=1S/C14H13BrN2O3/c1-19-14(18)12-3-2-11(16)5-13(12)20-8-9-4-10(15)7-17-6-9/h2-7H,8,16H2,1H3. The molecule has 0 aliphatic carbocycles. The Morgan fingerprint density at radius 3 is 2.85 bits per heavy atom. The Morgan fingerprint density at radius 2 is 2.15 bits per heavy atom. The summed E-state index contributed by atoms with van der Waals surface area (Å²) in [5, 5.41) is 0. The number of pyridine rings is 1. The molecule has 0 bridgehead atoms. The summed E-state index contributed by atoms with van der Waals surface area (Å²) in [5.41, 5.74) is 7.43. The summed E-state index contributed by atoms with van der Waals surface area (Å²) in [6.07, 6.45) is 3.37. The van der Waals surface area contributed by atoms with E-state index in [4.69, 9.17) is 15.2 Å². The summed E-state index contributed by atoms with van der Waals surface area (Å²) in [5.74, 6) is -0.0795. The fourth-order valence-corrected chi connectivity index (χ4v) is 2.05. The highest BCUT2D eigenvalue weighted by atomic mass is 79.9. The van der Waals surface area contributed by atoms with Gasteiger partial charge in [-0.2, -0.15) is 0 Å². The molecule has 2 rings (SSSR count). The van der Waals surface area contributed by atoms with Crippen LogP contribution in [0.4, 0.5) is 5.69 Å². The minimum atomic E-state index is -0.465. The van der Waals surface area contributed by atoms with Crippen LogP contribution in [-0.4, -0.2) is 18.1 Å². The zero-order valence-corrected chi connectivity index (χ0v) is 12.4. The number of hydrogen-bond acceptors (Lipinski definition) is 5. The molecule has 0 aliphatic rings. The zero-order valence-electron chi connectivity index (χ0n) is 10.8. The molecule has 0 atom stereocenters. The number of nitrogen functional groups attached to an aromatic ring is 1. The van der Waals surface area contributed by atoms with Gasteiger partial charge >= 0.3 is 5.97 Å². The van der Waals surface area contributed by atoms with Crippen LogP contribution in [0.5, 0.6) is 5.75 Å². The van der Waals surface area contributed by atoms with Crippen molar-refractivity contribution in [1.82, 2.24) is 4.98 Å². The van der Waals surface area contributed by atoms with Crippen molar-refractivity contribution in [2.75, 3.05) is 12.8 Å². The van der Waals surface area contributed by atoms with Crippen molar-refractivity contribution in [2.24, 2.45) is 0 Å². The minimum Gasteiger partial charge on any atom is -0.488 e. The first kappa shape index (κ1) is 14.3. The van der Waals surface area contributed by atoms with Crippen molar-refractivity contribution in [2.45, 2.75) is 6.61 Å². The number of rotatable bonds is 4. The van der Waals surface area contributed by atoms with Gasteiger partial charge in [-0.05, 0) is 34.1 Å². The molecule has 0 saturated carbocycles. The van der Waals surface area contributed by atoms with Crippen LogP contribution >= 0.6 is 15.9 Å². The zero-order chi connectivity index (χ0) is 14.5. The number of halogens is 1. The summed E-state index contributed by atoms with van der Waals surface area (Å²) in [6.45, 7) is 0.278. The van der Waals surface area contributed by atoms with Crippen LogP contribution in [0.2, 0.25) is 0 Å². The molecule has 1 aromatic carbocycles. The smallest absolute Gasteiger partial charge is 0.341 e. The molecule has 0 spiro atoms. The predicted molar refractivity (Wildman–Crippen MR) is 78.5 cm³/mol. The molecule has 0 amide bonds. The third-order valence-corrected chi connectivity index (χ3v) is 3.00. The summed E-state index contributed by atoms with van der Waals surface area (Å²) < 4.78 is 11.2. The van der Waals surface area contributed by atoms with Crippen LogP contribution in [0, 0.1) is 0 Å². The fraction of sp³-hybridized carbons (Fsp3) is 0.143. The van der Waals surface area contributed by atoms with Crippen LogP contribution in [-0.2, 0) is 11.3 Å². The maximum Gasteiger partial charge on any atom is 0.341 e. The molecule has 2 aromatic rings. The Labute approximate surface area is 124 Å². The minimum absolute atomic E-state index is 0.278. The van der Waals surface area contributed by atoms with E-state index < -0.39 is 5.97 Å². The number of methoxy groups -OCH3 is 1. The summed E-state index contributed by atoms with van der Waals surface area (Å²) in [7, 11) is 1.32. The summed E-state index contributed by atoms with van der Waals surface area (Å²) >= 11 is 3.34. The molecule has 1 heterocycles. The van der Waals surface area contributed by atoms with Crippen LogP contribution in [0.15, 0.2) is 41.1 Å². The van der Waals surface area contributed by atoms with E-state index in [9.17, 15) is 4.79 Å². The molecule has 0 unspecified atom stereocenters. The first-order valence-electron chi connectivity index (χ1n) is 5.80. The fourth-order valence-electron chi connectivity index (χ4n) is 1.63. The van der Waals surface area contributed by atoms with E-state index in [2.05, 4.69) is 20.9 Å². The van der Waals surface area contributed by atoms with Gasteiger partial charge in [0.05, 0.1) is 7.11 Å². The number of carbonyl (C=O) groups excluding carboxylic acids is 1. The van der Waals surface area contributed by atoms with Gasteiger partial charge in [0, 0.05) is 34.2 Å². The third kappa shape index (κ3) is 3.48. The third-order valence-electron chi connectivity index (χ3n) is 2.57. The van der Waals surface area contributed by atoms with Gasteiger partial charge in [0.2, 0.25) is 0 Å². The Balaban J connectivity index is 2.20. The molecule has 6 heteroatoms. The number of nitrogens with two attached hydrogens (primary N) is 1. The number of benzene rings is 1. The highest BCUT2D eigenvalue weighted by Gasteiger charge is 2.13. The number of ether oxygens (including phenoxy) is 2. The van der Waals surface area contributed by atoms with Gasteiger partial charge in [-0.15, -0.1) is 0 Å². The lowest BCUT2D eigenvalue weighted by Crippen LogP contribution is -2.06. The quantitative estimate of drug-likeness (QED) is 0.686. The van der Waals surface area contributed by atoms with E-state index in [1.54, 1.807) is 30.6 Å². The molecule has 0 radical (unpaired) electrons. The second-order valence-electron chi connectivity index (χ2n) is 4.05. The van der Waals surface area contributed by atoms with Gasteiger partial charge in [0.1, 0.15) is 17.9 Å². The van der Waals surface area contributed by atoms with Crippen molar-refractivity contribution >= 4 is 27.6 Å². The second kappa shape index (κ2) is 6.38. The molecule has 104 valence electrons. The van der Waals surface area contributed by atoms with Crippen molar-refractivity contribution in [3.8, 4) is 5.75 Å². The van der Waals surface area contributed by atoms with E-state index in [0.717, 1.165) is 10.0 Å². The van der Waals surface area contributed by atoms with Gasteiger partial charge in [0.25, 0.3) is 0 Å². The number of hydrogen-bond donors (Lipinski definition) is 1. The van der Waals surface area contributed by atoms with Crippen molar-refractivity contribution in [3.63, 3.8) is 0 Å². The Hall–Kier alpha value is -2.08. The lowest BCUT2D eigenvalue weighted by Gasteiger charge is -2.11. The Kier molecular flexibility index (Phi) is 4.57. The van der Waals surface area contributed by atoms with Crippen LogP contribution in [0.1, 0.15) is 15.9 Å². The SMILES string of the molecule is COC(=O)c1ccc(N)cc1OCc1cncc(Br)c1. The molecule has 20 heavy (non-hydrogen) atoms. The summed E-state index contributed by atoms with van der Waals surface area (Å²) in [4.78, 5) is 15.7. The first-order valence-corrected chi connectivity index (χ1v) is 6.59. The van der Waals surface area contributed by atoms with Gasteiger partial charge in [-0.25, -0.2) is 4.79 Å². The topological polar surface area (TPSA) is 74.4 Å². The van der Waals surface area contributed by atoms with E-state index in [1.165, 1.54) is 7.11 Å². The van der Waals surface area contributed by atoms with Crippen LogP contribution < -0.4 is 10.5 Å². The monoisotopic (exact) mass is 336 g/mol. The van der Waals surface area contributed by atoms with Crippen molar-refractivity contribution < 1.29 is 14.3 Å². The molecule has 2 N–H and O–H groups in total. The lowest BCUT2D eigenvalue weighted by molar-refractivity contribution is 0.0595. The molecule has 0 aliphatic heterocycles. The van der Waals surface area contributed by atoms with E-state index in [1.807, 2.05) is 6.07 Å². The number of carbonyl (C=O) groups is 1. The predicted octanol–water partition coefficient (Wildman–Crippen LogP) is 2.79. The highest BCUT2D eigenvalue weighted by Crippen LogP contribution is 2.24. The molecular formula is C14H13BrN2O3. The largest absolute Gasteiger partial charge is 0.488 e. The number of esters is 1. The summed E-state index contributed by atoms with van der Waals surface area (Å²) in [6, 6.07) is 6.68. The van der Waals surface area contributed by atoms with E-state index in [-0.39, 0.29) is 6.61 Å². The van der Waals surface area contributed by atoms with Crippen molar-refractivity contribution in [1.29, 1.82) is 0 Å². The number of aromatic nitrogens is 1. The molecule has 0 saturated heterocycles. The van der Waals surface area contributed by atoms with Gasteiger partial charge < -0.3 is 15.2 Å². The first-order chi connectivity index (χ1) is 9.60. The number of nitrogens with zero attached hydrogens (tertiary/aromatic N) is 1. The lowest BCUT2D eigenvalue weighted by atomic mass is 10.2. The Morgan fingerprint density at radius 1 is 1.35 bits per heavy atom. The van der Waals surface area contributed by atoms with Gasteiger partial charge in [-0.1, -0.05) is 0 Å². The van der Waals surface area contributed by atoms with Crippen LogP contribution in [0.3, 0.4) is 0 Å². The van der Waals surface area contributed by atoms with Crippen molar-refractivity contribution in [3.05, 3.63) is 52.3 Å². The average Bonchev–Trinajstić information content (AvgIpc) is 2.44. The van der Waals surface area contributed by atoms with Crippen LogP contribution in [0.25, 0.3) is 0 Å².